The number of hydrogen-bond donors (Lipinski definition) is 2. The zero-order valence-electron chi connectivity index (χ0n) is 17.8. The van der Waals surface area contributed by atoms with Crippen molar-refractivity contribution < 1.29 is 18.0 Å². The van der Waals surface area contributed by atoms with Gasteiger partial charge >= 0.3 is 11.8 Å². The van der Waals surface area contributed by atoms with Gasteiger partial charge in [-0.25, -0.2) is 8.42 Å². The van der Waals surface area contributed by atoms with Crippen molar-refractivity contribution >= 4 is 33.4 Å². The van der Waals surface area contributed by atoms with Gasteiger partial charge in [-0.05, 0) is 55.5 Å². The zero-order chi connectivity index (χ0) is 23.0. The first-order valence-corrected chi connectivity index (χ1v) is 12.6. The minimum absolute atomic E-state index is 0.206. The quantitative estimate of drug-likeness (QED) is 0.571. The number of carbonyl (C=O) groups excluding carboxylic acids is 2. The number of sulfonamides is 1. The standard InChI is InChI=1S/C23H28ClN3O4S/c24-19-11-9-18(10-12-19)13-15-25-22(28)23(29)26-16-14-20-6-4-5-17-27(20)32(30,31)21-7-2-1-3-8-21/h1-3,7-12,20H,4-6,13-17H2,(H,25,28)(H,26,29)/t20-/m1/s1. The van der Waals surface area contributed by atoms with Gasteiger partial charge in [0, 0.05) is 30.7 Å². The van der Waals surface area contributed by atoms with Crippen LogP contribution in [0.4, 0.5) is 0 Å². The van der Waals surface area contributed by atoms with Gasteiger partial charge in [0.25, 0.3) is 0 Å². The Labute approximate surface area is 194 Å². The Morgan fingerprint density at radius 3 is 2.28 bits per heavy atom. The van der Waals surface area contributed by atoms with Crippen molar-refractivity contribution in [2.45, 2.75) is 43.0 Å². The second kappa shape index (κ2) is 11.4. The third-order valence-electron chi connectivity index (χ3n) is 5.50. The Kier molecular flexibility index (Phi) is 8.67. The molecule has 1 atom stereocenters. The number of carbonyl (C=O) groups is 2. The lowest BCUT2D eigenvalue weighted by Crippen LogP contribution is -2.46. The summed E-state index contributed by atoms with van der Waals surface area (Å²) < 4.78 is 27.6. The summed E-state index contributed by atoms with van der Waals surface area (Å²) in [6.07, 6.45) is 3.52. The average molecular weight is 478 g/mol. The van der Waals surface area contributed by atoms with Crippen molar-refractivity contribution in [1.82, 2.24) is 14.9 Å². The largest absolute Gasteiger partial charge is 0.348 e. The zero-order valence-corrected chi connectivity index (χ0v) is 19.4. The molecule has 2 amide bonds. The Morgan fingerprint density at radius 1 is 0.938 bits per heavy atom. The van der Waals surface area contributed by atoms with E-state index in [0.29, 0.717) is 31.0 Å². The molecule has 7 nitrogen and oxygen atoms in total. The maximum absolute atomic E-state index is 13.0. The van der Waals surface area contributed by atoms with E-state index in [4.69, 9.17) is 11.6 Å². The average Bonchev–Trinajstić information content (AvgIpc) is 2.81. The minimum atomic E-state index is -3.59. The highest BCUT2D eigenvalue weighted by atomic mass is 35.5. The van der Waals surface area contributed by atoms with E-state index in [1.807, 2.05) is 12.1 Å². The second-order valence-electron chi connectivity index (χ2n) is 7.76. The van der Waals surface area contributed by atoms with Gasteiger partial charge < -0.3 is 10.6 Å². The Bertz CT molecular complexity index is 1010. The fourth-order valence-corrected chi connectivity index (χ4v) is 5.66. The van der Waals surface area contributed by atoms with Gasteiger partial charge in [-0.1, -0.05) is 48.4 Å². The molecule has 2 aromatic rings. The van der Waals surface area contributed by atoms with E-state index in [2.05, 4.69) is 10.6 Å². The van der Waals surface area contributed by atoms with Crippen LogP contribution in [0.15, 0.2) is 59.5 Å². The van der Waals surface area contributed by atoms with Crippen molar-refractivity contribution in [3.8, 4) is 0 Å². The molecule has 1 aliphatic rings. The predicted molar refractivity (Wildman–Crippen MR) is 124 cm³/mol. The van der Waals surface area contributed by atoms with E-state index in [0.717, 1.165) is 24.8 Å². The van der Waals surface area contributed by atoms with Gasteiger partial charge in [0.1, 0.15) is 0 Å². The molecule has 2 N–H and O–H groups in total. The maximum atomic E-state index is 13.0. The molecule has 0 spiro atoms. The third-order valence-corrected chi connectivity index (χ3v) is 7.72. The topological polar surface area (TPSA) is 95.6 Å². The van der Waals surface area contributed by atoms with Crippen molar-refractivity contribution in [3.63, 3.8) is 0 Å². The highest BCUT2D eigenvalue weighted by molar-refractivity contribution is 7.89. The lowest BCUT2D eigenvalue weighted by Gasteiger charge is -2.34. The summed E-state index contributed by atoms with van der Waals surface area (Å²) in [7, 11) is -3.59. The highest BCUT2D eigenvalue weighted by Gasteiger charge is 2.33. The summed E-state index contributed by atoms with van der Waals surface area (Å²) >= 11 is 5.85. The molecule has 1 heterocycles. The number of nitrogens with one attached hydrogen (secondary N) is 2. The third kappa shape index (κ3) is 6.54. The SMILES string of the molecule is O=C(NCCc1ccc(Cl)cc1)C(=O)NCC[C@H]1CCCCN1S(=O)(=O)c1ccccc1. The molecule has 9 heteroatoms. The number of amides is 2. The predicted octanol–water partition coefficient (Wildman–Crippen LogP) is 2.75. The summed E-state index contributed by atoms with van der Waals surface area (Å²) in [5.41, 5.74) is 1.01. The van der Waals surface area contributed by atoms with E-state index >= 15 is 0 Å². The molecular weight excluding hydrogens is 450 g/mol. The van der Waals surface area contributed by atoms with Crippen LogP contribution in [0, 0.1) is 0 Å². The molecular formula is C23H28ClN3O4S. The van der Waals surface area contributed by atoms with Crippen LogP contribution in [-0.4, -0.2) is 50.2 Å². The van der Waals surface area contributed by atoms with Crippen LogP contribution in [-0.2, 0) is 26.0 Å². The van der Waals surface area contributed by atoms with E-state index in [-0.39, 0.29) is 17.5 Å². The number of nitrogens with zero attached hydrogens (tertiary/aromatic N) is 1. The molecule has 3 rings (SSSR count). The first kappa shape index (κ1) is 24.2. The van der Waals surface area contributed by atoms with E-state index in [1.54, 1.807) is 42.5 Å². The summed E-state index contributed by atoms with van der Waals surface area (Å²) in [5.74, 6) is -1.41. The molecule has 1 fully saturated rings. The summed E-state index contributed by atoms with van der Waals surface area (Å²) in [4.78, 5) is 24.4. The monoisotopic (exact) mass is 477 g/mol. The minimum Gasteiger partial charge on any atom is -0.348 e. The lowest BCUT2D eigenvalue weighted by atomic mass is 10.0. The van der Waals surface area contributed by atoms with Crippen molar-refractivity contribution in [3.05, 3.63) is 65.2 Å². The molecule has 0 saturated carbocycles. The molecule has 1 saturated heterocycles. The first-order chi connectivity index (χ1) is 15.4. The summed E-state index contributed by atoms with van der Waals surface area (Å²) in [5, 5.41) is 5.85. The molecule has 0 bridgehead atoms. The molecule has 0 aromatic heterocycles. The maximum Gasteiger partial charge on any atom is 0.309 e. The van der Waals surface area contributed by atoms with Crippen LogP contribution in [0.5, 0.6) is 0 Å². The van der Waals surface area contributed by atoms with Gasteiger partial charge in [-0.3, -0.25) is 9.59 Å². The Balaban J connectivity index is 1.46. The molecule has 2 aromatic carbocycles. The number of halogens is 1. The van der Waals surface area contributed by atoms with Crippen LogP contribution < -0.4 is 10.6 Å². The summed E-state index contributed by atoms with van der Waals surface area (Å²) in [6, 6.07) is 15.5. The Morgan fingerprint density at radius 2 is 1.59 bits per heavy atom. The van der Waals surface area contributed by atoms with Gasteiger partial charge in [0.15, 0.2) is 0 Å². The summed E-state index contributed by atoms with van der Waals surface area (Å²) in [6.45, 7) is 1.02. The number of benzene rings is 2. The van der Waals surface area contributed by atoms with Gasteiger partial charge in [0.2, 0.25) is 10.0 Å². The molecule has 32 heavy (non-hydrogen) atoms. The van der Waals surface area contributed by atoms with Crippen LogP contribution >= 0.6 is 11.6 Å². The molecule has 172 valence electrons. The van der Waals surface area contributed by atoms with E-state index in [9.17, 15) is 18.0 Å². The number of rotatable bonds is 8. The Hall–Kier alpha value is -2.42. The fourth-order valence-electron chi connectivity index (χ4n) is 3.79. The van der Waals surface area contributed by atoms with Crippen molar-refractivity contribution in [1.29, 1.82) is 0 Å². The smallest absolute Gasteiger partial charge is 0.309 e. The lowest BCUT2D eigenvalue weighted by molar-refractivity contribution is -0.139. The van der Waals surface area contributed by atoms with Crippen molar-refractivity contribution in [2.75, 3.05) is 19.6 Å². The molecule has 0 unspecified atom stereocenters. The van der Waals surface area contributed by atoms with Gasteiger partial charge in [0.05, 0.1) is 4.90 Å². The molecule has 0 radical (unpaired) electrons. The molecule has 0 aliphatic carbocycles. The van der Waals surface area contributed by atoms with Crippen molar-refractivity contribution in [2.24, 2.45) is 0 Å². The van der Waals surface area contributed by atoms with Crippen LogP contribution in [0.25, 0.3) is 0 Å². The number of hydrogen-bond acceptors (Lipinski definition) is 4. The first-order valence-electron chi connectivity index (χ1n) is 10.8. The molecule has 1 aliphatic heterocycles. The number of piperidine rings is 1. The fraction of sp³-hybridized carbons (Fsp3) is 0.391. The van der Waals surface area contributed by atoms with Crippen LogP contribution in [0.1, 0.15) is 31.2 Å². The van der Waals surface area contributed by atoms with Gasteiger partial charge in [-0.15, -0.1) is 0 Å². The normalized spacial score (nSPS) is 17.0. The van der Waals surface area contributed by atoms with Crippen LogP contribution in [0.2, 0.25) is 5.02 Å². The van der Waals surface area contributed by atoms with E-state index < -0.39 is 21.8 Å². The van der Waals surface area contributed by atoms with Crippen LogP contribution in [0.3, 0.4) is 0 Å². The second-order valence-corrected chi connectivity index (χ2v) is 10.1. The van der Waals surface area contributed by atoms with Gasteiger partial charge in [-0.2, -0.15) is 4.31 Å². The van der Waals surface area contributed by atoms with E-state index in [1.165, 1.54) is 4.31 Å². The highest BCUT2D eigenvalue weighted by Crippen LogP contribution is 2.26.